The molecule has 0 aromatic heterocycles. The van der Waals surface area contributed by atoms with Crippen LogP contribution in [-0.4, -0.2) is 5.78 Å². The molecule has 2 aliphatic rings. The molecule has 82 valence electrons. The Morgan fingerprint density at radius 3 is 2.31 bits per heavy atom. The van der Waals surface area contributed by atoms with E-state index in [1.54, 1.807) is 0 Å². The van der Waals surface area contributed by atoms with E-state index < -0.39 is 0 Å². The molecule has 0 N–H and O–H groups in total. The van der Waals surface area contributed by atoms with Crippen LogP contribution < -0.4 is 0 Å². The van der Waals surface area contributed by atoms with Gasteiger partial charge in [0, 0.05) is 5.56 Å². The number of benzene rings is 1. The van der Waals surface area contributed by atoms with Crippen molar-refractivity contribution in [3.05, 3.63) is 47.5 Å². The van der Waals surface area contributed by atoms with Crippen LogP contribution in [0.5, 0.6) is 0 Å². The molecule has 2 atom stereocenters. The molecule has 1 heteroatoms. The minimum atomic E-state index is 0.185. The topological polar surface area (TPSA) is 17.1 Å². The first kappa shape index (κ1) is 9.83. The third kappa shape index (κ3) is 1.71. The summed E-state index contributed by atoms with van der Waals surface area (Å²) in [6.07, 6.45) is 7.20. The number of carbonyl (C=O) groups excluding carboxylic acids is 1. The van der Waals surface area contributed by atoms with E-state index in [-0.39, 0.29) is 5.78 Å². The molecule has 0 unspecified atom stereocenters. The van der Waals surface area contributed by atoms with E-state index in [0.29, 0.717) is 0 Å². The molecule has 1 nitrogen and oxygen atoms in total. The predicted molar refractivity (Wildman–Crippen MR) is 64.3 cm³/mol. The van der Waals surface area contributed by atoms with Crippen molar-refractivity contribution in [2.75, 3.05) is 0 Å². The second-order valence-electron chi connectivity index (χ2n) is 4.87. The highest BCUT2D eigenvalue weighted by Gasteiger charge is 2.44. The van der Waals surface area contributed by atoms with Crippen molar-refractivity contribution in [2.24, 2.45) is 11.8 Å². The Hall–Kier alpha value is -1.37. The lowest BCUT2D eigenvalue weighted by atomic mass is 10.0. The van der Waals surface area contributed by atoms with Gasteiger partial charge in [-0.15, -0.1) is 0 Å². The zero-order valence-electron chi connectivity index (χ0n) is 9.36. The van der Waals surface area contributed by atoms with E-state index in [9.17, 15) is 4.79 Å². The number of ketones is 1. The number of allylic oxidation sites excluding steroid dienone is 2. The van der Waals surface area contributed by atoms with Gasteiger partial charge in [0.2, 0.25) is 0 Å². The average Bonchev–Trinajstić information content (AvgIpc) is 3.04. The summed E-state index contributed by atoms with van der Waals surface area (Å²) < 4.78 is 0. The molecule has 0 radical (unpaired) electrons. The van der Waals surface area contributed by atoms with Gasteiger partial charge in [-0.2, -0.15) is 0 Å². The van der Waals surface area contributed by atoms with Crippen LogP contribution in [-0.2, 0) is 0 Å². The molecule has 0 bridgehead atoms. The van der Waals surface area contributed by atoms with Crippen molar-refractivity contribution in [2.45, 2.75) is 25.7 Å². The Labute approximate surface area is 96.2 Å². The first-order valence-corrected chi connectivity index (χ1v) is 6.17. The highest BCUT2D eigenvalue weighted by atomic mass is 16.1. The van der Waals surface area contributed by atoms with Gasteiger partial charge in [0.05, 0.1) is 0 Å². The van der Waals surface area contributed by atoms with E-state index in [1.807, 2.05) is 36.4 Å². The highest BCUT2D eigenvalue weighted by molar-refractivity contribution is 6.05. The Morgan fingerprint density at radius 1 is 1.06 bits per heavy atom. The summed E-state index contributed by atoms with van der Waals surface area (Å²) in [5, 5.41) is 0. The zero-order chi connectivity index (χ0) is 11.0. The van der Waals surface area contributed by atoms with Gasteiger partial charge in [0.25, 0.3) is 0 Å². The summed E-state index contributed by atoms with van der Waals surface area (Å²) in [5.74, 6) is 1.69. The summed E-state index contributed by atoms with van der Waals surface area (Å²) in [5.41, 5.74) is 2.24. The monoisotopic (exact) mass is 212 g/mol. The van der Waals surface area contributed by atoms with Crippen LogP contribution in [0, 0.1) is 11.8 Å². The molecule has 1 aromatic rings. The summed E-state index contributed by atoms with van der Waals surface area (Å²) in [7, 11) is 0. The largest absolute Gasteiger partial charge is 0.289 e. The van der Waals surface area contributed by atoms with Gasteiger partial charge in [0.15, 0.2) is 5.78 Å². The van der Waals surface area contributed by atoms with Crippen molar-refractivity contribution < 1.29 is 4.79 Å². The molecular formula is C15H16O. The lowest BCUT2D eigenvalue weighted by Crippen LogP contribution is -1.93. The quantitative estimate of drug-likeness (QED) is 0.540. The molecule has 2 aliphatic carbocycles. The number of hydrogen-bond acceptors (Lipinski definition) is 1. The van der Waals surface area contributed by atoms with E-state index in [0.717, 1.165) is 17.4 Å². The SMILES string of the molecule is O=C(C=C1[C@H]2CCCC[C@@H]12)c1ccccc1. The third-order valence-electron chi connectivity index (χ3n) is 3.87. The molecule has 0 aliphatic heterocycles. The molecule has 1 aromatic carbocycles. The number of fused-ring (bicyclic) bond motifs is 1. The van der Waals surface area contributed by atoms with Crippen LogP contribution in [0.2, 0.25) is 0 Å². The number of carbonyl (C=O) groups is 1. The van der Waals surface area contributed by atoms with Crippen molar-refractivity contribution in [3.63, 3.8) is 0 Å². The van der Waals surface area contributed by atoms with Crippen LogP contribution in [0.4, 0.5) is 0 Å². The molecule has 3 rings (SSSR count). The molecule has 0 spiro atoms. The Kier molecular flexibility index (Phi) is 2.39. The average molecular weight is 212 g/mol. The smallest absolute Gasteiger partial charge is 0.185 e. The van der Waals surface area contributed by atoms with Gasteiger partial charge >= 0.3 is 0 Å². The van der Waals surface area contributed by atoms with E-state index in [1.165, 1.54) is 31.3 Å². The molecule has 0 heterocycles. The van der Waals surface area contributed by atoms with Gasteiger partial charge in [-0.1, -0.05) is 48.7 Å². The van der Waals surface area contributed by atoms with Crippen molar-refractivity contribution >= 4 is 5.78 Å². The van der Waals surface area contributed by atoms with Crippen LogP contribution in [0.15, 0.2) is 42.0 Å². The maximum Gasteiger partial charge on any atom is 0.185 e. The van der Waals surface area contributed by atoms with Crippen molar-refractivity contribution in [3.8, 4) is 0 Å². The maximum atomic E-state index is 12.0. The second-order valence-corrected chi connectivity index (χ2v) is 4.87. The van der Waals surface area contributed by atoms with Gasteiger partial charge in [-0.05, 0) is 30.8 Å². The molecule has 0 saturated heterocycles. The molecular weight excluding hydrogens is 196 g/mol. The Bertz CT molecular complexity index is 416. The first-order valence-electron chi connectivity index (χ1n) is 6.17. The third-order valence-corrected chi connectivity index (χ3v) is 3.87. The maximum absolute atomic E-state index is 12.0. The summed E-state index contributed by atoms with van der Waals surface area (Å²) in [4.78, 5) is 12.0. The molecule has 2 fully saturated rings. The molecule has 0 amide bonds. The molecule has 2 saturated carbocycles. The van der Waals surface area contributed by atoms with E-state index in [2.05, 4.69) is 0 Å². The second kappa shape index (κ2) is 3.89. The standard InChI is InChI=1S/C15H16O/c16-15(11-6-2-1-3-7-11)10-14-12-8-4-5-9-13(12)14/h1-3,6-7,10,12-13H,4-5,8-9H2/t12-,13+. The fourth-order valence-corrected chi connectivity index (χ4v) is 2.92. The first-order chi connectivity index (χ1) is 7.86. The van der Waals surface area contributed by atoms with Crippen LogP contribution >= 0.6 is 0 Å². The summed E-state index contributed by atoms with van der Waals surface area (Å²) >= 11 is 0. The normalized spacial score (nSPS) is 29.9. The van der Waals surface area contributed by atoms with Crippen LogP contribution in [0.3, 0.4) is 0 Å². The van der Waals surface area contributed by atoms with Crippen molar-refractivity contribution in [1.82, 2.24) is 0 Å². The number of hydrogen-bond donors (Lipinski definition) is 0. The highest BCUT2D eigenvalue weighted by Crippen LogP contribution is 2.54. The van der Waals surface area contributed by atoms with Gasteiger partial charge in [-0.25, -0.2) is 0 Å². The Morgan fingerprint density at radius 2 is 1.69 bits per heavy atom. The summed E-state index contributed by atoms with van der Waals surface area (Å²) in [6.45, 7) is 0. The fourth-order valence-electron chi connectivity index (χ4n) is 2.92. The van der Waals surface area contributed by atoms with Crippen LogP contribution in [0.1, 0.15) is 36.0 Å². The fraction of sp³-hybridized carbons (Fsp3) is 0.400. The van der Waals surface area contributed by atoms with E-state index >= 15 is 0 Å². The van der Waals surface area contributed by atoms with E-state index in [4.69, 9.17) is 0 Å². The Balaban J connectivity index is 1.76. The predicted octanol–water partition coefficient (Wildman–Crippen LogP) is 3.62. The minimum absolute atomic E-state index is 0.185. The lowest BCUT2D eigenvalue weighted by Gasteiger charge is -2.04. The van der Waals surface area contributed by atoms with Gasteiger partial charge in [-0.3, -0.25) is 4.79 Å². The van der Waals surface area contributed by atoms with Gasteiger partial charge < -0.3 is 0 Å². The van der Waals surface area contributed by atoms with Crippen molar-refractivity contribution in [1.29, 1.82) is 0 Å². The van der Waals surface area contributed by atoms with Gasteiger partial charge in [0.1, 0.15) is 0 Å². The zero-order valence-corrected chi connectivity index (χ0v) is 9.36. The lowest BCUT2D eigenvalue weighted by molar-refractivity contribution is 0.104. The minimum Gasteiger partial charge on any atom is -0.289 e. The molecule has 16 heavy (non-hydrogen) atoms. The summed E-state index contributed by atoms with van der Waals surface area (Å²) in [6, 6.07) is 9.58. The van der Waals surface area contributed by atoms with Crippen LogP contribution in [0.25, 0.3) is 0 Å². The number of rotatable bonds is 2.